The Balaban J connectivity index is 1.73. The SMILES string of the molecule is COc1ccc(Cl)cc1NC(=O)c1csc(Nc2ccc(OC)c(OC)c2)n1. The van der Waals surface area contributed by atoms with Gasteiger partial charge in [0.25, 0.3) is 5.91 Å². The van der Waals surface area contributed by atoms with Crippen LogP contribution >= 0.6 is 22.9 Å². The molecule has 0 bridgehead atoms. The number of amides is 1. The summed E-state index contributed by atoms with van der Waals surface area (Å²) in [5.74, 6) is 1.37. The van der Waals surface area contributed by atoms with Crippen molar-refractivity contribution in [3.8, 4) is 17.2 Å². The Morgan fingerprint density at radius 2 is 1.71 bits per heavy atom. The summed E-state index contributed by atoms with van der Waals surface area (Å²) >= 11 is 7.30. The van der Waals surface area contributed by atoms with Crippen molar-refractivity contribution in [3.63, 3.8) is 0 Å². The third-order valence-corrected chi connectivity index (χ3v) is 4.77. The highest BCUT2D eigenvalue weighted by molar-refractivity contribution is 7.14. The van der Waals surface area contributed by atoms with Gasteiger partial charge >= 0.3 is 0 Å². The van der Waals surface area contributed by atoms with Crippen molar-refractivity contribution in [2.45, 2.75) is 0 Å². The number of anilines is 3. The molecule has 2 N–H and O–H groups in total. The Bertz CT molecular complexity index is 993. The first-order valence-corrected chi connectivity index (χ1v) is 9.39. The summed E-state index contributed by atoms with van der Waals surface area (Å²) in [6.45, 7) is 0. The monoisotopic (exact) mass is 419 g/mol. The van der Waals surface area contributed by atoms with Crippen LogP contribution in [0.1, 0.15) is 10.5 Å². The van der Waals surface area contributed by atoms with Crippen LogP contribution < -0.4 is 24.8 Å². The number of nitrogens with one attached hydrogen (secondary N) is 2. The van der Waals surface area contributed by atoms with E-state index in [0.717, 1.165) is 5.69 Å². The highest BCUT2D eigenvalue weighted by Gasteiger charge is 2.14. The van der Waals surface area contributed by atoms with Gasteiger partial charge in [-0.25, -0.2) is 4.98 Å². The van der Waals surface area contributed by atoms with Crippen molar-refractivity contribution in [1.29, 1.82) is 0 Å². The number of halogens is 1. The number of rotatable bonds is 7. The van der Waals surface area contributed by atoms with Gasteiger partial charge < -0.3 is 24.8 Å². The Hall–Kier alpha value is -2.97. The van der Waals surface area contributed by atoms with E-state index in [2.05, 4.69) is 15.6 Å². The van der Waals surface area contributed by atoms with Crippen molar-refractivity contribution >= 4 is 45.4 Å². The van der Waals surface area contributed by atoms with E-state index >= 15 is 0 Å². The molecule has 146 valence electrons. The number of benzene rings is 2. The minimum Gasteiger partial charge on any atom is -0.495 e. The molecule has 28 heavy (non-hydrogen) atoms. The maximum atomic E-state index is 12.5. The number of thiazole rings is 1. The molecule has 0 unspecified atom stereocenters. The number of aromatic nitrogens is 1. The minimum absolute atomic E-state index is 0.273. The highest BCUT2D eigenvalue weighted by Crippen LogP contribution is 2.32. The van der Waals surface area contributed by atoms with Crippen LogP contribution in [-0.4, -0.2) is 32.2 Å². The van der Waals surface area contributed by atoms with Gasteiger partial charge in [0.05, 0.1) is 27.0 Å². The fraction of sp³-hybridized carbons (Fsp3) is 0.158. The number of ether oxygens (including phenoxy) is 3. The number of carbonyl (C=O) groups excluding carboxylic acids is 1. The first kappa shape index (κ1) is 19.8. The van der Waals surface area contributed by atoms with Gasteiger partial charge in [-0.3, -0.25) is 4.79 Å². The van der Waals surface area contributed by atoms with E-state index in [-0.39, 0.29) is 11.6 Å². The molecular formula is C19H18ClN3O4S. The Morgan fingerprint density at radius 1 is 1.00 bits per heavy atom. The van der Waals surface area contributed by atoms with Crippen molar-refractivity contribution in [2.75, 3.05) is 32.0 Å². The average molecular weight is 420 g/mol. The van der Waals surface area contributed by atoms with Crippen molar-refractivity contribution in [1.82, 2.24) is 4.98 Å². The van der Waals surface area contributed by atoms with E-state index in [0.29, 0.717) is 33.1 Å². The highest BCUT2D eigenvalue weighted by atomic mass is 35.5. The van der Waals surface area contributed by atoms with Gasteiger partial charge in [-0.15, -0.1) is 11.3 Å². The molecule has 1 aromatic heterocycles. The molecular weight excluding hydrogens is 402 g/mol. The molecule has 1 amide bonds. The molecule has 0 spiro atoms. The number of methoxy groups -OCH3 is 3. The zero-order valence-corrected chi connectivity index (χ0v) is 17.0. The second kappa shape index (κ2) is 8.81. The topological polar surface area (TPSA) is 81.7 Å². The van der Waals surface area contributed by atoms with E-state index < -0.39 is 0 Å². The van der Waals surface area contributed by atoms with Gasteiger partial charge in [-0.05, 0) is 30.3 Å². The van der Waals surface area contributed by atoms with E-state index in [1.165, 1.54) is 18.4 Å². The predicted octanol–water partition coefficient (Wildman–Crippen LogP) is 4.82. The molecule has 0 saturated carbocycles. The quantitative estimate of drug-likeness (QED) is 0.571. The summed E-state index contributed by atoms with van der Waals surface area (Å²) < 4.78 is 15.7. The lowest BCUT2D eigenvalue weighted by molar-refractivity contribution is 0.102. The summed E-state index contributed by atoms with van der Waals surface area (Å²) in [5, 5.41) is 8.63. The second-order valence-electron chi connectivity index (χ2n) is 5.53. The molecule has 9 heteroatoms. The van der Waals surface area contributed by atoms with Gasteiger partial charge in [0.2, 0.25) is 0 Å². The summed E-state index contributed by atoms with van der Waals surface area (Å²) in [6, 6.07) is 10.4. The normalized spacial score (nSPS) is 10.3. The zero-order valence-electron chi connectivity index (χ0n) is 15.4. The number of carbonyl (C=O) groups is 1. The summed E-state index contributed by atoms with van der Waals surface area (Å²) in [7, 11) is 4.66. The molecule has 0 atom stereocenters. The number of hydrogen-bond acceptors (Lipinski definition) is 7. The first-order chi connectivity index (χ1) is 13.5. The largest absolute Gasteiger partial charge is 0.495 e. The van der Waals surface area contributed by atoms with Crippen molar-refractivity contribution in [3.05, 3.63) is 52.5 Å². The van der Waals surface area contributed by atoms with Crippen LogP contribution in [0.25, 0.3) is 0 Å². The maximum Gasteiger partial charge on any atom is 0.275 e. The third kappa shape index (κ3) is 4.47. The van der Waals surface area contributed by atoms with E-state index in [1.54, 1.807) is 49.9 Å². The Labute approximate surface area is 171 Å². The second-order valence-corrected chi connectivity index (χ2v) is 6.83. The van der Waals surface area contributed by atoms with Crippen LogP contribution in [0.5, 0.6) is 17.2 Å². The lowest BCUT2D eigenvalue weighted by Gasteiger charge is -2.10. The minimum atomic E-state index is -0.364. The van der Waals surface area contributed by atoms with Gasteiger partial charge in [-0.2, -0.15) is 0 Å². The van der Waals surface area contributed by atoms with Crippen LogP contribution in [0.4, 0.5) is 16.5 Å². The Kier molecular flexibility index (Phi) is 6.23. The van der Waals surface area contributed by atoms with Crippen LogP contribution in [0.2, 0.25) is 5.02 Å². The number of hydrogen-bond donors (Lipinski definition) is 2. The molecule has 0 aliphatic heterocycles. The van der Waals surface area contributed by atoms with Gasteiger partial charge in [0.15, 0.2) is 16.6 Å². The van der Waals surface area contributed by atoms with E-state index in [9.17, 15) is 4.79 Å². The summed E-state index contributed by atoms with van der Waals surface area (Å²) in [4.78, 5) is 16.8. The standard InChI is InChI=1S/C19H18ClN3O4S/c1-25-15-6-4-11(20)8-13(15)22-18(24)14-10-28-19(23-14)21-12-5-7-16(26-2)17(9-12)27-3/h4-10H,1-3H3,(H,21,23)(H,22,24). The summed E-state index contributed by atoms with van der Waals surface area (Å²) in [6.07, 6.45) is 0. The van der Waals surface area contributed by atoms with E-state index in [1.807, 2.05) is 6.07 Å². The molecule has 0 radical (unpaired) electrons. The molecule has 7 nitrogen and oxygen atoms in total. The van der Waals surface area contributed by atoms with Gasteiger partial charge in [0.1, 0.15) is 11.4 Å². The van der Waals surface area contributed by atoms with Crippen LogP contribution in [0, 0.1) is 0 Å². The smallest absolute Gasteiger partial charge is 0.275 e. The zero-order chi connectivity index (χ0) is 20.1. The van der Waals surface area contributed by atoms with Crippen LogP contribution in [0.15, 0.2) is 41.8 Å². The summed E-state index contributed by atoms with van der Waals surface area (Å²) in [5.41, 5.74) is 1.51. The molecule has 3 rings (SSSR count). The van der Waals surface area contributed by atoms with Crippen LogP contribution in [-0.2, 0) is 0 Å². The fourth-order valence-corrected chi connectivity index (χ4v) is 3.32. The fourth-order valence-electron chi connectivity index (χ4n) is 2.44. The van der Waals surface area contributed by atoms with Gasteiger partial charge in [0, 0.05) is 22.2 Å². The average Bonchev–Trinajstić information content (AvgIpc) is 3.16. The lowest BCUT2D eigenvalue weighted by Crippen LogP contribution is -2.13. The molecule has 0 fully saturated rings. The molecule has 1 heterocycles. The molecule has 2 aromatic carbocycles. The lowest BCUT2D eigenvalue weighted by atomic mass is 10.3. The Morgan fingerprint density at radius 3 is 2.43 bits per heavy atom. The first-order valence-electron chi connectivity index (χ1n) is 8.13. The molecule has 0 saturated heterocycles. The van der Waals surface area contributed by atoms with Gasteiger partial charge in [-0.1, -0.05) is 11.6 Å². The van der Waals surface area contributed by atoms with Crippen LogP contribution in [0.3, 0.4) is 0 Å². The molecule has 0 aliphatic rings. The third-order valence-electron chi connectivity index (χ3n) is 3.78. The van der Waals surface area contributed by atoms with Crippen molar-refractivity contribution in [2.24, 2.45) is 0 Å². The molecule has 0 aliphatic carbocycles. The molecule has 3 aromatic rings. The van der Waals surface area contributed by atoms with E-state index in [4.69, 9.17) is 25.8 Å². The number of nitrogens with zero attached hydrogens (tertiary/aromatic N) is 1. The predicted molar refractivity (Wildman–Crippen MR) is 111 cm³/mol. The van der Waals surface area contributed by atoms with Crippen molar-refractivity contribution < 1.29 is 19.0 Å². The maximum absolute atomic E-state index is 12.5.